The zero-order chi connectivity index (χ0) is 20.3. The van der Waals surface area contributed by atoms with Crippen LogP contribution in [0.25, 0.3) is 6.08 Å². The summed E-state index contributed by atoms with van der Waals surface area (Å²) < 4.78 is 10.9. The topological polar surface area (TPSA) is 72.8 Å². The molecule has 2 aromatic carbocycles. The van der Waals surface area contributed by atoms with Crippen LogP contribution in [0.3, 0.4) is 0 Å². The van der Waals surface area contributed by atoms with E-state index in [2.05, 4.69) is 0 Å². The molecule has 0 aliphatic carbocycles. The van der Waals surface area contributed by atoms with Gasteiger partial charge in [-0.3, -0.25) is 0 Å². The van der Waals surface area contributed by atoms with Gasteiger partial charge in [0.25, 0.3) is 0 Å². The molecule has 2 aromatic rings. The van der Waals surface area contributed by atoms with Gasteiger partial charge in [0.1, 0.15) is 6.61 Å². The van der Waals surface area contributed by atoms with E-state index in [-0.39, 0.29) is 13.0 Å². The Balaban J connectivity index is 1.75. The van der Waals surface area contributed by atoms with Crippen molar-refractivity contribution >= 4 is 18.0 Å². The van der Waals surface area contributed by atoms with Crippen molar-refractivity contribution in [3.8, 4) is 0 Å². The largest absolute Gasteiger partial charge is 0.458 e. The number of hydrogen-bond donors (Lipinski definition) is 1. The van der Waals surface area contributed by atoms with Crippen LogP contribution in [0.15, 0.2) is 48.0 Å². The molecular weight excluding hydrogens is 356 g/mol. The number of carbonyl (C=O) groups is 2. The lowest BCUT2D eigenvalue weighted by molar-refractivity contribution is -0.154. The SMILES string of the molecule is Cc1cc(C)c(C(=O)OCC2(CO)C/C(=C\c3ccccc3)C(=O)O2)c(C)c1. The first-order valence-electron chi connectivity index (χ1n) is 9.18. The standard InChI is InChI=1S/C23H24O5/c1-15-9-16(2)20(17(3)10-15)22(26)27-14-23(13-24)12-19(21(25)28-23)11-18-7-5-4-6-8-18/h4-11,24H,12-14H2,1-3H3/b19-11+. The number of aryl methyl sites for hydroxylation is 3. The average molecular weight is 380 g/mol. The second-order valence-electron chi connectivity index (χ2n) is 7.34. The van der Waals surface area contributed by atoms with Crippen molar-refractivity contribution < 1.29 is 24.2 Å². The quantitative estimate of drug-likeness (QED) is 0.635. The minimum atomic E-state index is -1.25. The van der Waals surface area contributed by atoms with E-state index in [0.29, 0.717) is 11.1 Å². The highest BCUT2D eigenvalue weighted by Crippen LogP contribution is 2.32. The van der Waals surface area contributed by atoms with Crippen molar-refractivity contribution in [2.45, 2.75) is 32.8 Å². The lowest BCUT2D eigenvalue weighted by Crippen LogP contribution is -2.39. The summed E-state index contributed by atoms with van der Waals surface area (Å²) in [7, 11) is 0. The number of hydrogen-bond acceptors (Lipinski definition) is 5. The van der Waals surface area contributed by atoms with Gasteiger partial charge in [-0.2, -0.15) is 0 Å². The lowest BCUT2D eigenvalue weighted by atomic mass is 9.97. The summed E-state index contributed by atoms with van der Waals surface area (Å²) in [6, 6.07) is 13.2. The number of benzene rings is 2. The van der Waals surface area contributed by atoms with Gasteiger partial charge in [0.15, 0.2) is 5.60 Å². The van der Waals surface area contributed by atoms with Crippen LogP contribution in [-0.4, -0.2) is 35.9 Å². The number of aliphatic hydroxyl groups excluding tert-OH is 1. The minimum absolute atomic E-state index is 0.177. The molecule has 5 nitrogen and oxygen atoms in total. The molecule has 0 radical (unpaired) electrons. The van der Waals surface area contributed by atoms with Crippen molar-refractivity contribution in [3.63, 3.8) is 0 Å². The van der Waals surface area contributed by atoms with Crippen LogP contribution < -0.4 is 0 Å². The van der Waals surface area contributed by atoms with Gasteiger partial charge in [-0.1, -0.05) is 48.0 Å². The van der Waals surface area contributed by atoms with Crippen LogP contribution >= 0.6 is 0 Å². The Morgan fingerprint density at radius 1 is 1.18 bits per heavy atom. The molecule has 0 amide bonds. The molecule has 0 spiro atoms. The molecule has 1 aliphatic heterocycles. The third-order valence-electron chi connectivity index (χ3n) is 4.86. The maximum atomic E-state index is 12.6. The highest BCUT2D eigenvalue weighted by Gasteiger charge is 2.44. The Morgan fingerprint density at radius 2 is 1.82 bits per heavy atom. The summed E-state index contributed by atoms with van der Waals surface area (Å²) in [4.78, 5) is 24.9. The lowest BCUT2D eigenvalue weighted by Gasteiger charge is -2.24. The molecule has 1 fully saturated rings. The summed E-state index contributed by atoms with van der Waals surface area (Å²) >= 11 is 0. The smallest absolute Gasteiger partial charge is 0.338 e. The molecule has 0 saturated carbocycles. The molecule has 146 valence electrons. The van der Waals surface area contributed by atoms with E-state index in [0.717, 1.165) is 22.3 Å². The molecule has 1 saturated heterocycles. The summed E-state index contributed by atoms with van der Waals surface area (Å²) in [6.45, 7) is 5.05. The van der Waals surface area contributed by atoms with Gasteiger partial charge in [-0.25, -0.2) is 9.59 Å². The molecule has 28 heavy (non-hydrogen) atoms. The fraction of sp³-hybridized carbons (Fsp3) is 0.304. The highest BCUT2D eigenvalue weighted by atomic mass is 16.6. The van der Waals surface area contributed by atoms with E-state index >= 15 is 0 Å². The van der Waals surface area contributed by atoms with Crippen molar-refractivity contribution in [2.75, 3.05) is 13.2 Å². The fourth-order valence-corrected chi connectivity index (χ4v) is 3.56. The van der Waals surface area contributed by atoms with Crippen LogP contribution in [0.4, 0.5) is 0 Å². The summed E-state index contributed by atoms with van der Waals surface area (Å²) in [5.41, 5.74) is 3.29. The molecule has 3 rings (SSSR count). The van der Waals surface area contributed by atoms with E-state index in [4.69, 9.17) is 9.47 Å². The van der Waals surface area contributed by atoms with Gasteiger partial charge in [0.05, 0.1) is 12.2 Å². The maximum Gasteiger partial charge on any atom is 0.338 e. The van der Waals surface area contributed by atoms with E-state index in [1.54, 1.807) is 6.08 Å². The predicted octanol–water partition coefficient (Wildman–Crippen LogP) is 3.53. The Bertz CT molecular complexity index is 906. The van der Waals surface area contributed by atoms with Gasteiger partial charge in [-0.15, -0.1) is 0 Å². The normalized spacial score (nSPS) is 20.3. The molecule has 5 heteroatoms. The number of cyclic esters (lactones) is 1. The molecular formula is C23H24O5. The van der Waals surface area contributed by atoms with Crippen LogP contribution in [-0.2, 0) is 14.3 Å². The van der Waals surface area contributed by atoms with E-state index in [1.807, 2.05) is 63.2 Å². The minimum Gasteiger partial charge on any atom is -0.458 e. The Labute approximate surface area is 164 Å². The number of ether oxygens (including phenoxy) is 2. The van der Waals surface area contributed by atoms with E-state index in [9.17, 15) is 14.7 Å². The zero-order valence-electron chi connectivity index (χ0n) is 16.3. The van der Waals surface area contributed by atoms with Crippen LogP contribution in [0.5, 0.6) is 0 Å². The van der Waals surface area contributed by atoms with Crippen molar-refractivity contribution in [2.24, 2.45) is 0 Å². The first-order chi connectivity index (χ1) is 13.3. The van der Waals surface area contributed by atoms with Crippen LogP contribution in [0.1, 0.15) is 39.0 Å². The average Bonchev–Trinajstić information content (AvgIpc) is 2.96. The monoisotopic (exact) mass is 380 g/mol. The summed E-state index contributed by atoms with van der Waals surface area (Å²) in [5.74, 6) is -0.990. The third kappa shape index (κ3) is 4.15. The highest BCUT2D eigenvalue weighted by molar-refractivity contribution is 5.96. The van der Waals surface area contributed by atoms with Gasteiger partial charge < -0.3 is 14.6 Å². The van der Waals surface area contributed by atoms with E-state index in [1.165, 1.54) is 0 Å². The van der Waals surface area contributed by atoms with Gasteiger partial charge >= 0.3 is 11.9 Å². The molecule has 1 aliphatic rings. The van der Waals surface area contributed by atoms with Crippen molar-refractivity contribution in [1.82, 2.24) is 0 Å². The molecule has 0 bridgehead atoms. The first kappa shape index (κ1) is 19.8. The molecule has 1 unspecified atom stereocenters. The fourth-order valence-electron chi connectivity index (χ4n) is 3.56. The van der Waals surface area contributed by atoms with Crippen molar-refractivity contribution in [1.29, 1.82) is 0 Å². The number of rotatable bonds is 5. The predicted molar refractivity (Wildman–Crippen MR) is 106 cm³/mol. The maximum absolute atomic E-state index is 12.6. The number of carbonyl (C=O) groups excluding carboxylic acids is 2. The third-order valence-corrected chi connectivity index (χ3v) is 4.86. The number of aliphatic hydroxyl groups is 1. The Kier molecular flexibility index (Phi) is 5.66. The molecule has 1 atom stereocenters. The summed E-state index contributed by atoms with van der Waals surface area (Å²) in [6.07, 6.45) is 1.91. The van der Waals surface area contributed by atoms with Gasteiger partial charge in [-0.05, 0) is 43.5 Å². The van der Waals surface area contributed by atoms with Crippen molar-refractivity contribution in [3.05, 3.63) is 75.9 Å². The molecule has 1 heterocycles. The second kappa shape index (κ2) is 7.98. The van der Waals surface area contributed by atoms with E-state index < -0.39 is 24.1 Å². The Morgan fingerprint density at radius 3 is 2.43 bits per heavy atom. The molecule has 1 N–H and O–H groups in total. The van der Waals surface area contributed by atoms with Crippen LogP contribution in [0, 0.1) is 20.8 Å². The van der Waals surface area contributed by atoms with Gasteiger partial charge in [0, 0.05) is 12.0 Å². The second-order valence-corrected chi connectivity index (χ2v) is 7.34. The van der Waals surface area contributed by atoms with Crippen LogP contribution in [0.2, 0.25) is 0 Å². The van der Waals surface area contributed by atoms with Gasteiger partial charge in [0.2, 0.25) is 0 Å². The molecule has 0 aromatic heterocycles. The zero-order valence-corrected chi connectivity index (χ0v) is 16.3. The summed E-state index contributed by atoms with van der Waals surface area (Å²) in [5, 5.41) is 9.85. The number of esters is 2. The first-order valence-corrected chi connectivity index (χ1v) is 9.18. The Hall–Kier alpha value is -2.92.